The van der Waals surface area contributed by atoms with Gasteiger partial charge in [0.15, 0.2) is 0 Å². The molecule has 1 amide bonds. The highest BCUT2D eigenvalue weighted by Gasteiger charge is 2.45. The van der Waals surface area contributed by atoms with Crippen LogP contribution in [0.1, 0.15) is 35.7 Å². The molecule has 0 N–H and O–H groups in total. The number of carbonyl (C=O) groups excluding carboxylic acids is 3. The maximum atomic E-state index is 13.0. The first-order chi connectivity index (χ1) is 14.5. The van der Waals surface area contributed by atoms with Crippen molar-refractivity contribution in [3.8, 4) is 5.75 Å². The second-order valence-corrected chi connectivity index (χ2v) is 7.55. The molecular formula is C24H27NO5. The summed E-state index contributed by atoms with van der Waals surface area (Å²) in [4.78, 5) is 40.1. The number of carbonyl (C=O) groups is 3. The van der Waals surface area contributed by atoms with Crippen molar-refractivity contribution in [1.29, 1.82) is 0 Å². The Morgan fingerprint density at radius 1 is 1.07 bits per heavy atom. The van der Waals surface area contributed by atoms with Crippen LogP contribution < -0.4 is 4.74 Å². The minimum absolute atomic E-state index is 0.153. The third-order valence-corrected chi connectivity index (χ3v) is 5.48. The lowest BCUT2D eigenvalue weighted by molar-refractivity contribution is -0.160. The van der Waals surface area contributed by atoms with E-state index in [2.05, 4.69) is 0 Å². The van der Waals surface area contributed by atoms with Crippen molar-refractivity contribution in [3.63, 3.8) is 0 Å². The van der Waals surface area contributed by atoms with Crippen molar-refractivity contribution in [2.24, 2.45) is 5.41 Å². The highest BCUT2D eigenvalue weighted by atomic mass is 16.5. The molecule has 1 unspecified atom stereocenters. The summed E-state index contributed by atoms with van der Waals surface area (Å²) in [6.07, 6.45) is 1.62. The summed E-state index contributed by atoms with van der Waals surface area (Å²) in [5.74, 6) is -0.774. The number of ketones is 1. The molecule has 0 bridgehead atoms. The molecule has 2 aromatic carbocycles. The van der Waals surface area contributed by atoms with Gasteiger partial charge in [0.05, 0.1) is 19.1 Å². The van der Waals surface area contributed by atoms with Gasteiger partial charge in [-0.3, -0.25) is 14.4 Å². The lowest BCUT2D eigenvalue weighted by Crippen LogP contribution is -2.53. The van der Waals surface area contributed by atoms with Crippen molar-refractivity contribution >= 4 is 17.7 Å². The SMILES string of the molecule is CCOC(=O)C1(Cc2cccc(OC)c2)CCCN(C(=O)C(=O)c2ccccc2)C1. The molecule has 0 aliphatic carbocycles. The van der Waals surface area contributed by atoms with Gasteiger partial charge in [-0.15, -0.1) is 0 Å². The first kappa shape index (κ1) is 21.6. The highest BCUT2D eigenvalue weighted by molar-refractivity contribution is 6.42. The third kappa shape index (κ3) is 4.70. The van der Waals surface area contributed by atoms with Gasteiger partial charge in [0.1, 0.15) is 5.75 Å². The van der Waals surface area contributed by atoms with Crippen molar-refractivity contribution in [2.45, 2.75) is 26.2 Å². The molecule has 1 aliphatic heterocycles. The number of nitrogens with zero attached hydrogens (tertiary/aromatic N) is 1. The Morgan fingerprint density at radius 3 is 2.53 bits per heavy atom. The monoisotopic (exact) mass is 409 g/mol. The zero-order valence-electron chi connectivity index (χ0n) is 17.4. The van der Waals surface area contributed by atoms with Gasteiger partial charge in [-0.1, -0.05) is 42.5 Å². The molecule has 3 rings (SSSR count). The second-order valence-electron chi connectivity index (χ2n) is 7.55. The van der Waals surface area contributed by atoms with E-state index in [9.17, 15) is 14.4 Å². The smallest absolute Gasteiger partial charge is 0.314 e. The minimum Gasteiger partial charge on any atom is -0.497 e. The number of piperidine rings is 1. The number of esters is 1. The molecule has 1 atom stereocenters. The van der Waals surface area contributed by atoms with E-state index in [1.807, 2.05) is 24.3 Å². The predicted octanol–water partition coefficient (Wildman–Crippen LogP) is 3.29. The second kappa shape index (κ2) is 9.57. The van der Waals surface area contributed by atoms with Gasteiger partial charge in [-0.05, 0) is 43.9 Å². The number of amides is 1. The quantitative estimate of drug-likeness (QED) is 0.399. The average Bonchev–Trinajstić information content (AvgIpc) is 2.79. The van der Waals surface area contributed by atoms with E-state index in [0.29, 0.717) is 37.1 Å². The normalized spacial score (nSPS) is 18.5. The van der Waals surface area contributed by atoms with Crippen LogP contribution in [-0.4, -0.2) is 49.4 Å². The number of benzene rings is 2. The van der Waals surface area contributed by atoms with Gasteiger partial charge in [0.2, 0.25) is 5.78 Å². The summed E-state index contributed by atoms with van der Waals surface area (Å²) in [6, 6.07) is 16.0. The third-order valence-electron chi connectivity index (χ3n) is 5.48. The van der Waals surface area contributed by atoms with Gasteiger partial charge in [0.25, 0.3) is 5.91 Å². The predicted molar refractivity (Wildman–Crippen MR) is 112 cm³/mol. The van der Waals surface area contributed by atoms with Gasteiger partial charge >= 0.3 is 5.97 Å². The van der Waals surface area contributed by atoms with Crippen LogP contribution >= 0.6 is 0 Å². The topological polar surface area (TPSA) is 72.9 Å². The summed E-state index contributed by atoms with van der Waals surface area (Å²) < 4.78 is 10.7. The molecule has 0 aromatic heterocycles. The summed E-state index contributed by atoms with van der Waals surface area (Å²) in [6.45, 7) is 2.62. The van der Waals surface area contributed by atoms with E-state index < -0.39 is 17.1 Å². The molecule has 0 radical (unpaired) electrons. The summed E-state index contributed by atoms with van der Waals surface area (Å²) in [5, 5.41) is 0. The largest absolute Gasteiger partial charge is 0.497 e. The number of likely N-dealkylation sites (tertiary alicyclic amines) is 1. The van der Waals surface area contributed by atoms with E-state index in [-0.39, 0.29) is 19.1 Å². The zero-order valence-corrected chi connectivity index (χ0v) is 17.4. The Kier molecular flexibility index (Phi) is 6.87. The number of ether oxygens (including phenoxy) is 2. The molecule has 1 aliphatic rings. The zero-order chi connectivity index (χ0) is 21.6. The molecule has 0 spiro atoms. The van der Waals surface area contributed by atoms with Crippen molar-refractivity contribution in [3.05, 3.63) is 65.7 Å². The van der Waals surface area contributed by atoms with E-state index in [0.717, 1.165) is 5.56 Å². The van der Waals surface area contributed by atoms with E-state index in [4.69, 9.17) is 9.47 Å². The fourth-order valence-corrected chi connectivity index (χ4v) is 4.00. The number of Topliss-reactive ketones (excluding diaryl/α,β-unsaturated/α-hetero) is 1. The van der Waals surface area contributed by atoms with Gasteiger partial charge in [-0.2, -0.15) is 0 Å². The van der Waals surface area contributed by atoms with Gasteiger partial charge in [-0.25, -0.2) is 0 Å². The Bertz CT molecular complexity index is 911. The number of hydrogen-bond acceptors (Lipinski definition) is 5. The number of rotatable bonds is 7. The van der Waals surface area contributed by atoms with Crippen LogP contribution in [0.3, 0.4) is 0 Å². The van der Waals surface area contributed by atoms with Gasteiger partial charge in [0, 0.05) is 18.7 Å². The average molecular weight is 409 g/mol. The summed E-state index contributed by atoms with van der Waals surface area (Å²) >= 11 is 0. The standard InChI is InChI=1S/C24H27NO5/c1-3-30-23(28)24(16-18-9-7-12-20(15-18)29-2)13-8-14-25(17-24)22(27)21(26)19-10-5-4-6-11-19/h4-7,9-12,15H,3,8,13-14,16-17H2,1-2H3. The van der Waals surface area contributed by atoms with Crippen LogP contribution in [0.2, 0.25) is 0 Å². The maximum absolute atomic E-state index is 13.0. The Balaban J connectivity index is 1.86. The minimum atomic E-state index is -0.896. The molecule has 1 saturated heterocycles. The Hall–Kier alpha value is -3.15. The van der Waals surface area contributed by atoms with E-state index in [1.54, 1.807) is 44.4 Å². The lowest BCUT2D eigenvalue weighted by atomic mass is 9.75. The number of hydrogen-bond donors (Lipinski definition) is 0. The lowest BCUT2D eigenvalue weighted by Gasteiger charge is -2.40. The molecule has 1 heterocycles. The van der Waals surface area contributed by atoms with Crippen LogP contribution in [0.5, 0.6) is 5.75 Å². The van der Waals surface area contributed by atoms with Crippen LogP contribution in [0.25, 0.3) is 0 Å². The van der Waals surface area contributed by atoms with Crippen molar-refractivity contribution in [1.82, 2.24) is 4.90 Å². The number of methoxy groups -OCH3 is 1. The molecule has 158 valence electrons. The Labute approximate surface area is 176 Å². The maximum Gasteiger partial charge on any atom is 0.314 e. The van der Waals surface area contributed by atoms with Crippen LogP contribution in [0.4, 0.5) is 0 Å². The Morgan fingerprint density at radius 2 is 1.83 bits per heavy atom. The van der Waals surface area contributed by atoms with E-state index in [1.165, 1.54) is 4.90 Å². The molecule has 30 heavy (non-hydrogen) atoms. The molecule has 6 heteroatoms. The van der Waals surface area contributed by atoms with Crippen LogP contribution in [-0.2, 0) is 20.7 Å². The summed E-state index contributed by atoms with van der Waals surface area (Å²) in [5.41, 5.74) is 0.376. The highest BCUT2D eigenvalue weighted by Crippen LogP contribution is 2.36. The summed E-state index contributed by atoms with van der Waals surface area (Å²) in [7, 11) is 1.59. The molecular weight excluding hydrogens is 382 g/mol. The molecule has 6 nitrogen and oxygen atoms in total. The first-order valence-electron chi connectivity index (χ1n) is 10.2. The van der Waals surface area contributed by atoms with Gasteiger partial charge < -0.3 is 14.4 Å². The molecule has 2 aromatic rings. The van der Waals surface area contributed by atoms with Crippen molar-refractivity contribution in [2.75, 3.05) is 26.8 Å². The van der Waals surface area contributed by atoms with E-state index >= 15 is 0 Å². The van der Waals surface area contributed by atoms with Crippen molar-refractivity contribution < 1.29 is 23.9 Å². The fraction of sp³-hybridized carbons (Fsp3) is 0.375. The van der Waals surface area contributed by atoms with Crippen LogP contribution in [0, 0.1) is 5.41 Å². The fourth-order valence-electron chi connectivity index (χ4n) is 4.00. The molecule has 0 saturated carbocycles. The first-order valence-corrected chi connectivity index (χ1v) is 10.2. The molecule has 1 fully saturated rings. The van der Waals surface area contributed by atoms with Crippen LogP contribution in [0.15, 0.2) is 54.6 Å².